The number of amides is 2. The van der Waals surface area contributed by atoms with Crippen LogP contribution in [0.2, 0.25) is 0 Å². The van der Waals surface area contributed by atoms with E-state index in [4.69, 9.17) is 10.5 Å². The molecule has 3 aliphatic carbocycles. The lowest BCUT2D eigenvalue weighted by Gasteiger charge is -2.50. The predicted octanol–water partition coefficient (Wildman–Crippen LogP) is 2.21. The Morgan fingerprint density at radius 2 is 1.81 bits per heavy atom. The number of carbonyl (C=O) groups excluding carboxylic acids is 4. The zero-order chi connectivity index (χ0) is 34.7. The van der Waals surface area contributed by atoms with Crippen LogP contribution >= 0.6 is 0 Å². The highest BCUT2D eigenvalue weighted by atomic mass is 19.4. The SMILES string of the molecule is CCOc1ccc(-c2ccc(O)c3c2C[C@H]2C[C@H]4[C@H](N(C)C)C(=O)C(C(N)=O)=C(O)[C@@]4(O)C(=O)C2=C3O)cc1CNC(=O)C(F)(F)F. The van der Waals surface area contributed by atoms with Gasteiger partial charge < -0.3 is 36.2 Å². The quantitative estimate of drug-likeness (QED) is 0.240. The lowest BCUT2D eigenvalue weighted by Crippen LogP contribution is -2.65. The number of aliphatic hydroxyl groups is 3. The van der Waals surface area contributed by atoms with Gasteiger partial charge in [0.2, 0.25) is 5.78 Å². The number of fused-ring (bicyclic) bond motifs is 3. The molecule has 2 aromatic carbocycles. The van der Waals surface area contributed by atoms with Crippen molar-refractivity contribution in [1.29, 1.82) is 0 Å². The maximum Gasteiger partial charge on any atom is 0.471 e. The second kappa shape index (κ2) is 11.7. The lowest BCUT2D eigenvalue weighted by atomic mass is 9.57. The number of hydrogen-bond donors (Lipinski definition) is 6. The Labute approximate surface area is 265 Å². The number of rotatable bonds is 7. The van der Waals surface area contributed by atoms with E-state index in [0.717, 1.165) is 0 Å². The fourth-order valence-corrected chi connectivity index (χ4v) is 6.97. The summed E-state index contributed by atoms with van der Waals surface area (Å²) >= 11 is 0. The molecule has 1 fully saturated rings. The number of aromatic hydroxyl groups is 1. The molecule has 2 aromatic rings. The number of primary amides is 1. The number of hydrogen-bond acceptors (Lipinski definition) is 10. The molecule has 0 saturated heterocycles. The average Bonchev–Trinajstić information content (AvgIpc) is 2.97. The van der Waals surface area contributed by atoms with Gasteiger partial charge in [-0.1, -0.05) is 12.1 Å². The molecule has 0 unspecified atom stereocenters. The lowest BCUT2D eigenvalue weighted by molar-refractivity contribution is -0.173. The molecule has 12 nitrogen and oxygen atoms in total. The smallest absolute Gasteiger partial charge is 0.471 e. The van der Waals surface area contributed by atoms with E-state index in [1.54, 1.807) is 13.0 Å². The third-order valence-electron chi connectivity index (χ3n) is 8.97. The number of alkyl halides is 3. The van der Waals surface area contributed by atoms with Crippen LogP contribution in [0.1, 0.15) is 30.0 Å². The summed E-state index contributed by atoms with van der Waals surface area (Å²) < 4.78 is 44.2. The van der Waals surface area contributed by atoms with E-state index in [1.807, 2.05) is 5.32 Å². The summed E-state index contributed by atoms with van der Waals surface area (Å²) in [6.45, 7) is 1.33. The summed E-state index contributed by atoms with van der Waals surface area (Å²) in [6.07, 6.45) is -5.24. The summed E-state index contributed by atoms with van der Waals surface area (Å²) in [7, 11) is 2.98. The van der Waals surface area contributed by atoms with Gasteiger partial charge in [-0.3, -0.25) is 24.1 Å². The number of phenols is 1. The normalized spacial score (nSPS) is 24.1. The van der Waals surface area contributed by atoms with Crippen molar-refractivity contribution in [3.8, 4) is 22.6 Å². The topological polar surface area (TPSA) is 200 Å². The number of likely N-dealkylation sites (N-methyl/N-ethyl adjacent to an activating group) is 1. The van der Waals surface area contributed by atoms with E-state index in [-0.39, 0.29) is 41.9 Å². The molecule has 3 aliphatic rings. The standard InChI is InChI=1S/C32H32F3N3O9/c1-4-47-20-8-5-13(9-15(20)12-37-30(45)32(33,34)35)16-6-7-19(39)22-17(16)10-14-11-18-24(38(2)3)26(41)23(29(36)44)28(43)31(18,46)27(42)21(14)25(22)40/h5-9,14,18,24,39-40,43,46H,4,10-12H2,1-3H3,(H2,36,44)(H,37,45)/t14-,18-,24-,31-/m0/s1. The van der Waals surface area contributed by atoms with Crippen LogP contribution in [0.15, 0.2) is 47.2 Å². The van der Waals surface area contributed by atoms with Gasteiger partial charge >= 0.3 is 12.1 Å². The van der Waals surface area contributed by atoms with Gasteiger partial charge in [-0.2, -0.15) is 13.2 Å². The monoisotopic (exact) mass is 659 g/mol. The number of phenolic OH excluding ortho intramolecular Hbond substituents is 1. The van der Waals surface area contributed by atoms with E-state index >= 15 is 0 Å². The van der Waals surface area contributed by atoms with E-state index in [0.29, 0.717) is 16.7 Å². The molecule has 0 spiro atoms. The van der Waals surface area contributed by atoms with Crippen LogP contribution in [-0.2, 0) is 32.1 Å². The Hall–Kier alpha value is -4.89. The molecule has 2 amide bonds. The van der Waals surface area contributed by atoms with Crippen molar-refractivity contribution < 1.29 is 57.5 Å². The summed E-state index contributed by atoms with van der Waals surface area (Å²) in [4.78, 5) is 52.4. The van der Waals surface area contributed by atoms with Crippen LogP contribution in [-0.4, -0.2) is 87.2 Å². The second-order valence-corrected chi connectivity index (χ2v) is 11.9. The van der Waals surface area contributed by atoms with Crippen LogP contribution in [0, 0.1) is 11.8 Å². The molecule has 250 valence electrons. The molecule has 5 rings (SSSR count). The predicted molar refractivity (Wildman–Crippen MR) is 159 cm³/mol. The molecule has 47 heavy (non-hydrogen) atoms. The van der Waals surface area contributed by atoms with Gasteiger partial charge in [0.1, 0.15) is 28.6 Å². The summed E-state index contributed by atoms with van der Waals surface area (Å²) in [5, 5.41) is 46.9. The third kappa shape index (κ3) is 5.28. The van der Waals surface area contributed by atoms with Crippen LogP contribution < -0.4 is 15.8 Å². The van der Waals surface area contributed by atoms with Crippen molar-refractivity contribution in [2.45, 2.75) is 44.1 Å². The molecule has 15 heteroatoms. The fourth-order valence-electron chi connectivity index (χ4n) is 6.97. The van der Waals surface area contributed by atoms with Crippen molar-refractivity contribution in [3.63, 3.8) is 0 Å². The second-order valence-electron chi connectivity index (χ2n) is 11.9. The van der Waals surface area contributed by atoms with Crippen molar-refractivity contribution in [1.82, 2.24) is 10.2 Å². The number of ether oxygens (including phenoxy) is 1. The van der Waals surface area contributed by atoms with Gasteiger partial charge in [-0.25, -0.2) is 0 Å². The number of nitrogens with two attached hydrogens (primary N) is 1. The first-order valence-electron chi connectivity index (χ1n) is 14.6. The number of nitrogens with zero attached hydrogens (tertiary/aromatic N) is 1. The maximum absolute atomic E-state index is 14.0. The largest absolute Gasteiger partial charge is 0.508 e. The van der Waals surface area contributed by atoms with Gasteiger partial charge in [0.25, 0.3) is 5.91 Å². The number of nitrogens with one attached hydrogen (secondary N) is 1. The van der Waals surface area contributed by atoms with Gasteiger partial charge in [-0.05, 0) is 74.7 Å². The Morgan fingerprint density at radius 1 is 1.13 bits per heavy atom. The minimum atomic E-state index is -5.10. The maximum atomic E-state index is 14.0. The Balaban J connectivity index is 1.64. The van der Waals surface area contributed by atoms with E-state index in [2.05, 4.69) is 0 Å². The zero-order valence-electron chi connectivity index (χ0n) is 25.4. The van der Waals surface area contributed by atoms with Crippen LogP contribution in [0.5, 0.6) is 11.5 Å². The molecule has 0 aromatic heterocycles. The molecule has 0 bridgehead atoms. The number of Topliss-reactive ketones (excluding diaryl/α,β-unsaturated/α-hetero) is 2. The summed E-state index contributed by atoms with van der Waals surface area (Å²) in [5.41, 5.74) is 2.56. The molecule has 7 N–H and O–H groups in total. The molecule has 1 saturated carbocycles. The Bertz CT molecular complexity index is 1780. The van der Waals surface area contributed by atoms with Crippen molar-refractivity contribution in [3.05, 3.63) is 63.9 Å². The molecule has 4 atom stereocenters. The van der Waals surface area contributed by atoms with E-state index in [1.165, 1.54) is 43.3 Å². The summed E-state index contributed by atoms with van der Waals surface area (Å²) in [6, 6.07) is 6.09. The van der Waals surface area contributed by atoms with E-state index < -0.39 is 82.4 Å². The number of aliphatic hydroxyl groups excluding tert-OH is 2. The highest BCUT2D eigenvalue weighted by molar-refractivity contribution is 6.24. The highest BCUT2D eigenvalue weighted by Gasteiger charge is 2.64. The Kier molecular flexibility index (Phi) is 8.35. The molecule has 0 heterocycles. The first kappa shape index (κ1) is 33.5. The zero-order valence-corrected chi connectivity index (χ0v) is 25.4. The molecule has 0 aliphatic heterocycles. The van der Waals surface area contributed by atoms with Gasteiger partial charge in [0.05, 0.1) is 18.2 Å². The van der Waals surface area contributed by atoms with Gasteiger partial charge in [0, 0.05) is 23.6 Å². The first-order valence-corrected chi connectivity index (χ1v) is 14.6. The minimum Gasteiger partial charge on any atom is -0.508 e. The molecular formula is C32H32F3N3O9. The van der Waals surface area contributed by atoms with Gasteiger partial charge in [0.15, 0.2) is 11.4 Å². The Morgan fingerprint density at radius 3 is 2.40 bits per heavy atom. The first-order chi connectivity index (χ1) is 21.9. The number of ketones is 2. The van der Waals surface area contributed by atoms with Crippen LogP contribution in [0.4, 0.5) is 13.2 Å². The number of halogens is 3. The third-order valence-corrected chi connectivity index (χ3v) is 8.97. The number of benzene rings is 2. The van der Waals surface area contributed by atoms with Crippen LogP contribution in [0.25, 0.3) is 16.9 Å². The highest BCUT2D eigenvalue weighted by Crippen LogP contribution is 2.53. The average molecular weight is 660 g/mol. The minimum absolute atomic E-state index is 0.00831. The molecular weight excluding hydrogens is 627 g/mol. The van der Waals surface area contributed by atoms with Crippen molar-refractivity contribution in [2.24, 2.45) is 17.6 Å². The van der Waals surface area contributed by atoms with Crippen molar-refractivity contribution in [2.75, 3.05) is 20.7 Å². The molecule has 0 radical (unpaired) electrons. The van der Waals surface area contributed by atoms with Crippen molar-refractivity contribution >= 4 is 29.1 Å². The fraction of sp³-hybridized carbons (Fsp3) is 0.375. The van der Waals surface area contributed by atoms with Gasteiger partial charge in [-0.15, -0.1) is 0 Å². The van der Waals surface area contributed by atoms with Crippen LogP contribution in [0.3, 0.4) is 0 Å². The summed E-state index contributed by atoms with van der Waals surface area (Å²) in [5.74, 6) is -9.74. The number of carbonyl (C=O) groups is 4. The van der Waals surface area contributed by atoms with E-state index in [9.17, 15) is 52.8 Å².